The summed E-state index contributed by atoms with van der Waals surface area (Å²) in [5, 5.41) is 0. The van der Waals surface area contributed by atoms with Crippen molar-refractivity contribution in [3.05, 3.63) is 22.5 Å². The zero-order chi connectivity index (χ0) is 8.93. The molecule has 0 bridgehead atoms. The van der Waals surface area contributed by atoms with E-state index in [1.807, 2.05) is 0 Å². The minimum atomic E-state index is 0.832. The second kappa shape index (κ2) is 5.16. The fourth-order valence-electron chi connectivity index (χ4n) is 1.70. The molecule has 1 aliphatic carbocycles. The van der Waals surface area contributed by atoms with E-state index in [0.29, 0.717) is 0 Å². The van der Waals surface area contributed by atoms with Crippen molar-refractivity contribution in [1.29, 1.82) is 0 Å². The number of allylic oxidation sites excluding steroid dienone is 3. The maximum atomic E-state index is 2.51. The largest absolute Gasteiger partial charge is 0.120 e. The van der Waals surface area contributed by atoms with Gasteiger partial charge in [-0.2, -0.15) is 0 Å². The molecule has 1 fully saturated rings. The van der Waals surface area contributed by atoms with Crippen molar-refractivity contribution in [3.63, 3.8) is 0 Å². The number of thioether (sulfide) groups is 2. The van der Waals surface area contributed by atoms with Crippen molar-refractivity contribution in [2.45, 2.75) is 25.7 Å². The molecule has 13 heavy (non-hydrogen) atoms. The maximum Gasteiger partial charge on any atom is 0.0363 e. The van der Waals surface area contributed by atoms with E-state index < -0.39 is 0 Å². The summed E-state index contributed by atoms with van der Waals surface area (Å²) < 4.78 is 1.59. The van der Waals surface area contributed by atoms with Crippen molar-refractivity contribution in [1.82, 2.24) is 0 Å². The van der Waals surface area contributed by atoms with E-state index in [0.717, 1.165) is 5.92 Å². The van der Waals surface area contributed by atoms with Crippen LogP contribution in [0.2, 0.25) is 0 Å². The lowest BCUT2D eigenvalue weighted by Crippen LogP contribution is -2.00. The van der Waals surface area contributed by atoms with Crippen molar-refractivity contribution in [2.24, 2.45) is 5.92 Å². The molecule has 1 heterocycles. The lowest BCUT2D eigenvalue weighted by Gasteiger charge is -2.18. The Bertz CT molecular complexity index is 210. The summed E-state index contributed by atoms with van der Waals surface area (Å²) >= 11 is 4.11. The highest BCUT2D eigenvalue weighted by atomic mass is 32.2. The molecule has 1 aliphatic heterocycles. The summed E-state index contributed by atoms with van der Waals surface area (Å²) in [4.78, 5) is 0. The van der Waals surface area contributed by atoms with Gasteiger partial charge in [-0.15, -0.1) is 23.5 Å². The molecule has 2 aliphatic rings. The molecular formula is C11H16S2. The van der Waals surface area contributed by atoms with Crippen molar-refractivity contribution >= 4 is 23.5 Å². The molecule has 1 atom stereocenters. The molecule has 1 unspecified atom stereocenters. The highest BCUT2D eigenvalue weighted by Crippen LogP contribution is 2.36. The van der Waals surface area contributed by atoms with Gasteiger partial charge >= 0.3 is 0 Å². The quantitative estimate of drug-likeness (QED) is 0.601. The van der Waals surface area contributed by atoms with E-state index in [2.05, 4.69) is 41.8 Å². The van der Waals surface area contributed by atoms with E-state index in [9.17, 15) is 0 Å². The summed E-state index contributed by atoms with van der Waals surface area (Å²) in [5.41, 5.74) is 0. The summed E-state index contributed by atoms with van der Waals surface area (Å²) in [6, 6.07) is 0. The van der Waals surface area contributed by atoms with Crippen LogP contribution < -0.4 is 0 Å². The second-order valence-electron chi connectivity index (χ2n) is 3.58. The van der Waals surface area contributed by atoms with E-state index in [4.69, 9.17) is 0 Å². The Morgan fingerprint density at radius 1 is 1.23 bits per heavy atom. The first-order valence-electron chi connectivity index (χ1n) is 5.07. The first kappa shape index (κ1) is 9.72. The van der Waals surface area contributed by atoms with Gasteiger partial charge in [0.05, 0.1) is 0 Å². The normalized spacial score (nSPS) is 28.9. The third-order valence-corrected chi connectivity index (χ3v) is 4.99. The van der Waals surface area contributed by atoms with Gasteiger partial charge in [-0.1, -0.05) is 18.2 Å². The van der Waals surface area contributed by atoms with Crippen LogP contribution in [0.25, 0.3) is 0 Å². The molecule has 0 nitrogen and oxygen atoms in total. The second-order valence-corrected chi connectivity index (χ2v) is 6.11. The van der Waals surface area contributed by atoms with Crippen molar-refractivity contribution in [2.75, 3.05) is 11.5 Å². The Labute approximate surface area is 89.2 Å². The number of hydrogen-bond donors (Lipinski definition) is 0. The van der Waals surface area contributed by atoms with Crippen LogP contribution in [0.15, 0.2) is 22.5 Å². The van der Waals surface area contributed by atoms with Gasteiger partial charge < -0.3 is 0 Å². The minimum absolute atomic E-state index is 0.832. The highest BCUT2D eigenvalue weighted by Gasteiger charge is 2.11. The third-order valence-electron chi connectivity index (χ3n) is 2.46. The molecular weight excluding hydrogens is 196 g/mol. The van der Waals surface area contributed by atoms with Crippen LogP contribution in [0.3, 0.4) is 0 Å². The Morgan fingerprint density at radius 3 is 2.77 bits per heavy atom. The van der Waals surface area contributed by atoms with Crippen LogP contribution in [-0.4, -0.2) is 11.5 Å². The Balaban J connectivity index is 1.89. The van der Waals surface area contributed by atoms with E-state index in [1.54, 1.807) is 4.24 Å². The summed E-state index contributed by atoms with van der Waals surface area (Å²) in [6.07, 6.45) is 12.5. The van der Waals surface area contributed by atoms with Gasteiger partial charge in [-0.05, 0) is 43.1 Å². The topological polar surface area (TPSA) is 0 Å². The van der Waals surface area contributed by atoms with Gasteiger partial charge in [0, 0.05) is 4.24 Å². The van der Waals surface area contributed by atoms with Crippen molar-refractivity contribution < 1.29 is 0 Å². The zero-order valence-corrected chi connectivity index (χ0v) is 9.50. The van der Waals surface area contributed by atoms with E-state index >= 15 is 0 Å². The fourth-order valence-corrected chi connectivity index (χ4v) is 4.28. The molecule has 2 rings (SSSR count). The molecule has 0 aromatic heterocycles. The Morgan fingerprint density at radius 2 is 2.08 bits per heavy atom. The maximum absolute atomic E-state index is 2.51. The van der Waals surface area contributed by atoms with Gasteiger partial charge in [0.1, 0.15) is 0 Å². The van der Waals surface area contributed by atoms with Crippen LogP contribution >= 0.6 is 23.5 Å². The highest BCUT2D eigenvalue weighted by molar-refractivity contribution is 8.22. The molecule has 0 N–H and O–H groups in total. The lowest BCUT2D eigenvalue weighted by atomic mass is 9.95. The fraction of sp³-hybridized carbons (Fsp3) is 0.636. The first-order chi connectivity index (χ1) is 6.45. The first-order valence-corrected chi connectivity index (χ1v) is 7.05. The minimum Gasteiger partial charge on any atom is -0.120 e. The van der Waals surface area contributed by atoms with Gasteiger partial charge in [0.25, 0.3) is 0 Å². The molecule has 72 valence electrons. The average molecular weight is 212 g/mol. The van der Waals surface area contributed by atoms with Crippen LogP contribution in [0.4, 0.5) is 0 Å². The molecule has 0 spiro atoms. The van der Waals surface area contributed by atoms with Crippen LogP contribution in [-0.2, 0) is 0 Å². The zero-order valence-electron chi connectivity index (χ0n) is 7.87. The smallest absolute Gasteiger partial charge is 0.0363 e. The predicted molar refractivity (Wildman–Crippen MR) is 64.1 cm³/mol. The van der Waals surface area contributed by atoms with Gasteiger partial charge in [-0.3, -0.25) is 0 Å². The summed E-state index contributed by atoms with van der Waals surface area (Å²) in [6.45, 7) is 0. The Kier molecular flexibility index (Phi) is 3.86. The monoisotopic (exact) mass is 212 g/mol. The number of hydrogen-bond acceptors (Lipinski definition) is 2. The lowest BCUT2D eigenvalue weighted by molar-refractivity contribution is 0.584. The molecule has 0 aromatic carbocycles. The van der Waals surface area contributed by atoms with E-state index in [1.165, 1.54) is 37.2 Å². The van der Waals surface area contributed by atoms with Gasteiger partial charge in [-0.25, -0.2) is 0 Å². The van der Waals surface area contributed by atoms with Gasteiger partial charge in [0.15, 0.2) is 0 Å². The van der Waals surface area contributed by atoms with E-state index in [-0.39, 0.29) is 0 Å². The third kappa shape index (κ3) is 3.10. The average Bonchev–Trinajstić information content (AvgIpc) is 2.21. The predicted octanol–water partition coefficient (Wildman–Crippen LogP) is 4.05. The van der Waals surface area contributed by atoms with Crippen LogP contribution in [0, 0.1) is 5.92 Å². The SMILES string of the molecule is C1=CCC(C=C2SCCCS2)CC1. The molecule has 0 radical (unpaired) electrons. The van der Waals surface area contributed by atoms with Crippen LogP contribution in [0.1, 0.15) is 25.7 Å². The standard InChI is InChI=1S/C11H16S2/c1-2-5-10(6-3-1)9-11-12-7-4-8-13-11/h1-2,9-10H,3-8H2. The van der Waals surface area contributed by atoms with Crippen molar-refractivity contribution in [3.8, 4) is 0 Å². The molecule has 1 saturated heterocycles. The molecule has 0 amide bonds. The molecule has 0 aromatic rings. The molecule has 2 heteroatoms. The van der Waals surface area contributed by atoms with Gasteiger partial charge in [0.2, 0.25) is 0 Å². The Hall–Kier alpha value is 0.180. The van der Waals surface area contributed by atoms with Crippen LogP contribution in [0.5, 0.6) is 0 Å². The summed E-state index contributed by atoms with van der Waals surface area (Å²) in [7, 11) is 0. The molecule has 0 saturated carbocycles. The number of rotatable bonds is 1. The summed E-state index contributed by atoms with van der Waals surface area (Å²) in [5.74, 6) is 3.50.